The smallest absolute Gasteiger partial charge is 0.0226 e. The van der Waals surface area contributed by atoms with Crippen molar-refractivity contribution in [3.63, 3.8) is 0 Å². The van der Waals surface area contributed by atoms with Crippen molar-refractivity contribution < 1.29 is 0 Å². The molecule has 3 saturated heterocycles. The molecule has 4 unspecified atom stereocenters. The van der Waals surface area contributed by atoms with Crippen LogP contribution in [-0.4, -0.2) is 36.6 Å². The molecule has 0 spiro atoms. The molecular formula is C17H30N2. The van der Waals surface area contributed by atoms with E-state index in [2.05, 4.69) is 10.2 Å². The third kappa shape index (κ3) is 2.58. The van der Waals surface area contributed by atoms with Gasteiger partial charge >= 0.3 is 0 Å². The van der Waals surface area contributed by atoms with Crippen molar-refractivity contribution in [3.8, 4) is 0 Å². The number of nitrogens with one attached hydrogen (secondary N) is 1. The van der Waals surface area contributed by atoms with Crippen LogP contribution in [0.15, 0.2) is 0 Å². The number of piperidine rings is 3. The molecule has 2 heteroatoms. The van der Waals surface area contributed by atoms with E-state index in [0.717, 1.165) is 29.8 Å². The van der Waals surface area contributed by atoms with Crippen molar-refractivity contribution in [1.29, 1.82) is 0 Å². The van der Waals surface area contributed by atoms with Crippen LogP contribution in [0.3, 0.4) is 0 Å². The first-order chi connectivity index (χ1) is 9.38. The molecule has 0 aromatic carbocycles. The van der Waals surface area contributed by atoms with Gasteiger partial charge in [0.1, 0.15) is 0 Å². The Balaban J connectivity index is 1.33. The average molecular weight is 262 g/mol. The molecule has 5 rings (SSSR count). The zero-order valence-electron chi connectivity index (χ0n) is 12.3. The topological polar surface area (TPSA) is 15.3 Å². The molecule has 3 heterocycles. The fourth-order valence-corrected chi connectivity index (χ4v) is 5.48. The molecule has 2 nitrogen and oxygen atoms in total. The quantitative estimate of drug-likeness (QED) is 0.823. The summed E-state index contributed by atoms with van der Waals surface area (Å²) in [6, 6.07) is 1.68. The molecule has 108 valence electrons. The van der Waals surface area contributed by atoms with Crippen LogP contribution >= 0.6 is 0 Å². The van der Waals surface area contributed by atoms with Crippen molar-refractivity contribution in [2.45, 2.75) is 69.9 Å². The number of rotatable bonds is 2. The van der Waals surface area contributed by atoms with Gasteiger partial charge in [-0.15, -0.1) is 0 Å². The van der Waals surface area contributed by atoms with Crippen molar-refractivity contribution in [3.05, 3.63) is 0 Å². The molecule has 0 amide bonds. The Labute approximate surface area is 118 Å². The van der Waals surface area contributed by atoms with Crippen LogP contribution in [0.2, 0.25) is 0 Å². The normalized spacial score (nSPS) is 49.9. The predicted octanol–water partition coefficient (Wildman–Crippen LogP) is 3.03. The molecule has 2 bridgehead atoms. The van der Waals surface area contributed by atoms with E-state index in [0.29, 0.717) is 0 Å². The van der Waals surface area contributed by atoms with E-state index in [-0.39, 0.29) is 0 Å². The van der Waals surface area contributed by atoms with Gasteiger partial charge in [-0.05, 0) is 62.9 Å². The summed E-state index contributed by atoms with van der Waals surface area (Å²) >= 11 is 0. The minimum absolute atomic E-state index is 0.827. The third-order valence-electron chi connectivity index (χ3n) is 6.65. The van der Waals surface area contributed by atoms with E-state index in [1.165, 1.54) is 77.4 Å². The lowest BCUT2D eigenvalue weighted by Crippen LogP contribution is -2.58. The van der Waals surface area contributed by atoms with Gasteiger partial charge in [0.2, 0.25) is 0 Å². The van der Waals surface area contributed by atoms with E-state index in [1.807, 2.05) is 0 Å². The second kappa shape index (κ2) is 5.37. The molecule has 4 atom stereocenters. The van der Waals surface area contributed by atoms with Crippen LogP contribution in [0.5, 0.6) is 0 Å². The van der Waals surface area contributed by atoms with E-state index in [1.54, 1.807) is 0 Å². The highest BCUT2D eigenvalue weighted by Crippen LogP contribution is 2.41. The summed E-state index contributed by atoms with van der Waals surface area (Å²) in [6.45, 7) is 4.09. The van der Waals surface area contributed by atoms with Crippen LogP contribution in [0.4, 0.5) is 0 Å². The minimum Gasteiger partial charge on any atom is -0.310 e. The highest BCUT2D eigenvalue weighted by molar-refractivity contribution is 4.94. The number of hydrogen-bond donors (Lipinski definition) is 1. The number of fused-ring (bicyclic) bond motifs is 4. The van der Waals surface area contributed by atoms with E-state index in [9.17, 15) is 0 Å². The molecule has 2 aliphatic carbocycles. The van der Waals surface area contributed by atoms with Gasteiger partial charge in [0.15, 0.2) is 0 Å². The molecule has 19 heavy (non-hydrogen) atoms. The first kappa shape index (κ1) is 12.6. The first-order valence-electron chi connectivity index (χ1n) is 8.87. The molecule has 1 N–H and O–H groups in total. The Hall–Kier alpha value is -0.0800. The summed E-state index contributed by atoms with van der Waals surface area (Å²) in [6.07, 6.45) is 13.5. The Morgan fingerprint density at radius 2 is 1.53 bits per heavy atom. The molecule has 0 aromatic heterocycles. The van der Waals surface area contributed by atoms with Crippen LogP contribution in [0, 0.1) is 17.8 Å². The minimum atomic E-state index is 0.827. The number of nitrogens with zero attached hydrogens (tertiary/aromatic N) is 1. The van der Waals surface area contributed by atoms with Gasteiger partial charge in [-0.1, -0.05) is 25.7 Å². The summed E-state index contributed by atoms with van der Waals surface area (Å²) in [5.74, 6) is 3.16. The van der Waals surface area contributed by atoms with E-state index < -0.39 is 0 Å². The van der Waals surface area contributed by atoms with Crippen molar-refractivity contribution >= 4 is 0 Å². The van der Waals surface area contributed by atoms with E-state index >= 15 is 0 Å². The van der Waals surface area contributed by atoms with Gasteiger partial charge in [0, 0.05) is 18.6 Å². The highest BCUT2D eigenvalue weighted by Gasteiger charge is 2.37. The summed E-state index contributed by atoms with van der Waals surface area (Å²) < 4.78 is 0. The van der Waals surface area contributed by atoms with Gasteiger partial charge in [-0.2, -0.15) is 0 Å². The van der Waals surface area contributed by atoms with Gasteiger partial charge in [0.05, 0.1) is 0 Å². The van der Waals surface area contributed by atoms with Crippen LogP contribution in [0.1, 0.15) is 57.8 Å². The lowest BCUT2D eigenvalue weighted by molar-refractivity contribution is 0.0543. The molecule has 5 fully saturated rings. The monoisotopic (exact) mass is 262 g/mol. The van der Waals surface area contributed by atoms with Crippen molar-refractivity contribution in [2.75, 3.05) is 19.6 Å². The Bertz CT molecular complexity index is 308. The fraction of sp³-hybridized carbons (Fsp3) is 1.00. The fourth-order valence-electron chi connectivity index (χ4n) is 5.48. The Kier molecular flexibility index (Phi) is 3.57. The van der Waals surface area contributed by atoms with Crippen LogP contribution in [-0.2, 0) is 0 Å². The summed E-state index contributed by atoms with van der Waals surface area (Å²) in [4.78, 5) is 2.68. The van der Waals surface area contributed by atoms with E-state index in [4.69, 9.17) is 0 Å². The molecule has 5 aliphatic rings. The molecular weight excluding hydrogens is 232 g/mol. The Morgan fingerprint density at radius 3 is 2.26 bits per heavy atom. The second-order valence-electron chi connectivity index (χ2n) is 7.73. The van der Waals surface area contributed by atoms with Gasteiger partial charge < -0.3 is 10.2 Å². The summed E-state index contributed by atoms with van der Waals surface area (Å²) in [7, 11) is 0. The zero-order valence-corrected chi connectivity index (χ0v) is 12.3. The maximum absolute atomic E-state index is 4.08. The standard InChI is InChI=1S/C17H30N2/c1-2-4-15-11-16(6-5-13(15)3-1)18-17-12-19-9-7-14(17)8-10-19/h13-18H,1-12H2. The SMILES string of the molecule is C1CCC2CC(NC3CN4CCC3CC4)CCC2C1. The lowest BCUT2D eigenvalue weighted by atomic mass is 9.69. The average Bonchev–Trinajstić information content (AvgIpc) is 2.48. The Morgan fingerprint density at radius 1 is 0.737 bits per heavy atom. The first-order valence-corrected chi connectivity index (χ1v) is 8.87. The molecule has 2 saturated carbocycles. The number of hydrogen-bond acceptors (Lipinski definition) is 2. The maximum atomic E-state index is 4.08. The highest BCUT2D eigenvalue weighted by atomic mass is 15.2. The van der Waals surface area contributed by atoms with Gasteiger partial charge in [-0.25, -0.2) is 0 Å². The van der Waals surface area contributed by atoms with Gasteiger partial charge in [0.25, 0.3) is 0 Å². The van der Waals surface area contributed by atoms with Crippen molar-refractivity contribution in [2.24, 2.45) is 17.8 Å². The molecule has 0 aromatic rings. The molecule has 3 aliphatic heterocycles. The summed E-state index contributed by atoms with van der Waals surface area (Å²) in [5, 5.41) is 4.08. The van der Waals surface area contributed by atoms with Crippen LogP contribution in [0.25, 0.3) is 0 Å². The predicted molar refractivity (Wildman–Crippen MR) is 79.2 cm³/mol. The lowest BCUT2D eigenvalue weighted by Gasteiger charge is -2.48. The summed E-state index contributed by atoms with van der Waals surface area (Å²) in [5.41, 5.74) is 0. The third-order valence-corrected chi connectivity index (χ3v) is 6.65. The second-order valence-corrected chi connectivity index (χ2v) is 7.73. The maximum Gasteiger partial charge on any atom is 0.0226 e. The largest absolute Gasteiger partial charge is 0.310 e. The van der Waals surface area contributed by atoms with Crippen molar-refractivity contribution in [1.82, 2.24) is 10.2 Å². The molecule has 0 radical (unpaired) electrons. The van der Waals surface area contributed by atoms with Gasteiger partial charge in [-0.3, -0.25) is 0 Å². The van der Waals surface area contributed by atoms with Crippen LogP contribution < -0.4 is 5.32 Å². The zero-order chi connectivity index (χ0) is 12.7.